The summed E-state index contributed by atoms with van der Waals surface area (Å²) in [5, 5.41) is 11.5. The Kier molecular flexibility index (Phi) is 5.87. The number of carbonyl (C=O) groups excluding carboxylic acids is 1. The Morgan fingerprint density at radius 1 is 1.25 bits per heavy atom. The van der Waals surface area contributed by atoms with Crippen molar-refractivity contribution in [1.29, 1.82) is 0 Å². The Bertz CT molecular complexity index is 975. The Balaban J connectivity index is 1.90. The highest BCUT2D eigenvalue weighted by Crippen LogP contribution is 2.38. The summed E-state index contributed by atoms with van der Waals surface area (Å²) in [7, 11) is -3.99. The van der Waals surface area contributed by atoms with Crippen LogP contribution in [-0.4, -0.2) is 49.7 Å². The summed E-state index contributed by atoms with van der Waals surface area (Å²) in [6, 6.07) is 9.30. The van der Waals surface area contributed by atoms with Crippen molar-refractivity contribution < 1.29 is 23.1 Å². The minimum absolute atomic E-state index is 0.0717. The molecule has 1 aliphatic heterocycles. The summed E-state index contributed by atoms with van der Waals surface area (Å²) in [6.45, 7) is 0.448. The van der Waals surface area contributed by atoms with E-state index < -0.39 is 28.2 Å². The average molecular weight is 425 g/mol. The molecule has 28 heavy (non-hydrogen) atoms. The fraction of sp³-hybridized carbons (Fsp3) is 0.294. The number of anilines is 1. The van der Waals surface area contributed by atoms with Gasteiger partial charge in [0, 0.05) is 24.0 Å². The number of benzene rings is 1. The SMILES string of the molecule is NC(=O)Nc1cc(-c2ccccc2)sc1S(=O)(=O)N[C@H]1CCCN(C(=O)O)C1. The summed E-state index contributed by atoms with van der Waals surface area (Å²) in [5.74, 6) is 0. The predicted molar refractivity (Wildman–Crippen MR) is 106 cm³/mol. The summed E-state index contributed by atoms with van der Waals surface area (Å²) < 4.78 is 28.4. The van der Waals surface area contributed by atoms with Crippen LogP contribution >= 0.6 is 11.3 Å². The molecule has 0 unspecified atom stereocenters. The first-order chi connectivity index (χ1) is 13.3. The van der Waals surface area contributed by atoms with E-state index in [9.17, 15) is 18.0 Å². The van der Waals surface area contributed by atoms with Crippen LogP contribution in [0.15, 0.2) is 40.6 Å². The number of piperidine rings is 1. The molecule has 1 aliphatic rings. The summed E-state index contributed by atoms with van der Waals surface area (Å²) in [5.41, 5.74) is 6.08. The molecule has 0 saturated carbocycles. The monoisotopic (exact) mass is 424 g/mol. The van der Waals surface area contributed by atoms with E-state index in [4.69, 9.17) is 10.8 Å². The van der Waals surface area contributed by atoms with Gasteiger partial charge in [-0.05, 0) is 24.5 Å². The van der Waals surface area contributed by atoms with Crippen LogP contribution in [0.25, 0.3) is 10.4 Å². The second kappa shape index (κ2) is 8.17. The summed E-state index contributed by atoms with van der Waals surface area (Å²) >= 11 is 1.01. The topological polar surface area (TPSA) is 142 Å². The number of rotatable bonds is 5. The van der Waals surface area contributed by atoms with Crippen molar-refractivity contribution in [3.8, 4) is 10.4 Å². The Morgan fingerprint density at radius 3 is 2.61 bits per heavy atom. The lowest BCUT2D eigenvalue weighted by atomic mass is 10.1. The van der Waals surface area contributed by atoms with Gasteiger partial charge in [0.1, 0.15) is 0 Å². The molecule has 1 aromatic heterocycles. The Labute approximate surface area is 166 Å². The molecule has 3 amide bonds. The van der Waals surface area contributed by atoms with Crippen LogP contribution in [0.5, 0.6) is 0 Å². The highest BCUT2D eigenvalue weighted by atomic mass is 32.2. The highest BCUT2D eigenvalue weighted by molar-refractivity contribution is 7.91. The molecule has 9 nitrogen and oxygen atoms in total. The lowest BCUT2D eigenvalue weighted by Crippen LogP contribution is -2.49. The highest BCUT2D eigenvalue weighted by Gasteiger charge is 2.30. The second-order valence-electron chi connectivity index (χ2n) is 6.36. The zero-order chi connectivity index (χ0) is 20.3. The zero-order valence-corrected chi connectivity index (χ0v) is 16.4. The number of nitrogens with zero attached hydrogens (tertiary/aromatic N) is 1. The van der Waals surface area contributed by atoms with E-state index in [1.54, 1.807) is 6.07 Å². The molecular formula is C17H20N4O5S2. The van der Waals surface area contributed by atoms with Crippen molar-refractivity contribution in [3.05, 3.63) is 36.4 Å². The largest absolute Gasteiger partial charge is 0.465 e. The van der Waals surface area contributed by atoms with E-state index in [2.05, 4.69) is 10.0 Å². The Morgan fingerprint density at radius 2 is 1.96 bits per heavy atom. The number of thiophene rings is 1. The van der Waals surface area contributed by atoms with Crippen LogP contribution in [-0.2, 0) is 10.0 Å². The molecule has 150 valence electrons. The fourth-order valence-electron chi connectivity index (χ4n) is 3.06. The van der Waals surface area contributed by atoms with Crippen molar-refractivity contribution in [3.63, 3.8) is 0 Å². The number of primary amides is 1. The van der Waals surface area contributed by atoms with Gasteiger partial charge in [-0.3, -0.25) is 0 Å². The molecule has 11 heteroatoms. The van der Waals surface area contributed by atoms with E-state index in [1.165, 1.54) is 4.90 Å². The van der Waals surface area contributed by atoms with Crippen molar-refractivity contribution in [2.45, 2.75) is 23.1 Å². The molecule has 0 bridgehead atoms. The smallest absolute Gasteiger partial charge is 0.407 e. The normalized spacial score (nSPS) is 17.3. The first kappa shape index (κ1) is 20.1. The number of likely N-dealkylation sites (tertiary alicyclic amines) is 1. The van der Waals surface area contributed by atoms with Crippen LogP contribution in [0.1, 0.15) is 12.8 Å². The third-order valence-electron chi connectivity index (χ3n) is 4.27. The van der Waals surface area contributed by atoms with Crippen molar-refractivity contribution in [2.75, 3.05) is 18.4 Å². The third-order valence-corrected chi connectivity index (χ3v) is 7.51. The first-order valence-electron chi connectivity index (χ1n) is 8.52. The molecule has 0 radical (unpaired) electrons. The quantitative estimate of drug-likeness (QED) is 0.583. The molecule has 1 atom stereocenters. The van der Waals surface area contributed by atoms with Crippen LogP contribution in [0.3, 0.4) is 0 Å². The predicted octanol–water partition coefficient (Wildman–Crippen LogP) is 2.33. The lowest BCUT2D eigenvalue weighted by Gasteiger charge is -2.30. The molecule has 0 spiro atoms. The molecule has 2 heterocycles. The van der Waals surface area contributed by atoms with Crippen LogP contribution in [0, 0.1) is 0 Å². The molecule has 2 aromatic rings. The van der Waals surface area contributed by atoms with Gasteiger partial charge in [-0.1, -0.05) is 30.3 Å². The van der Waals surface area contributed by atoms with E-state index in [0.717, 1.165) is 16.9 Å². The molecule has 1 aromatic carbocycles. The molecule has 3 rings (SSSR count). The number of carbonyl (C=O) groups is 2. The van der Waals surface area contributed by atoms with Crippen LogP contribution in [0.4, 0.5) is 15.3 Å². The third kappa shape index (κ3) is 4.61. The molecular weight excluding hydrogens is 404 g/mol. The van der Waals surface area contributed by atoms with Crippen molar-refractivity contribution >= 4 is 39.2 Å². The van der Waals surface area contributed by atoms with Crippen LogP contribution in [0.2, 0.25) is 0 Å². The van der Waals surface area contributed by atoms with Gasteiger partial charge in [-0.2, -0.15) is 0 Å². The van der Waals surface area contributed by atoms with Gasteiger partial charge < -0.3 is 21.1 Å². The average Bonchev–Trinajstić information content (AvgIpc) is 3.06. The van der Waals surface area contributed by atoms with Gasteiger partial charge >= 0.3 is 12.1 Å². The van der Waals surface area contributed by atoms with Gasteiger partial charge in [0.25, 0.3) is 10.0 Å². The van der Waals surface area contributed by atoms with Gasteiger partial charge in [-0.15, -0.1) is 11.3 Å². The maximum absolute atomic E-state index is 13.0. The van der Waals surface area contributed by atoms with Crippen molar-refractivity contribution in [1.82, 2.24) is 9.62 Å². The van der Waals surface area contributed by atoms with Gasteiger partial charge in [0.15, 0.2) is 4.21 Å². The summed E-state index contributed by atoms with van der Waals surface area (Å²) in [4.78, 5) is 24.3. The minimum atomic E-state index is -3.99. The maximum Gasteiger partial charge on any atom is 0.407 e. The lowest BCUT2D eigenvalue weighted by molar-refractivity contribution is 0.129. The fourth-order valence-corrected chi connectivity index (χ4v) is 5.90. The number of urea groups is 1. The van der Waals surface area contributed by atoms with Crippen LogP contribution < -0.4 is 15.8 Å². The maximum atomic E-state index is 13.0. The number of nitrogens with one attached hydrogen (secondary N) is 2. The van der Waals surface area contributed by atoms with Gasteiger partial charge in [0.05, 0.1) is 5.69 Å². The summed E-state index contributed by atoms with van der Waals surface area (Å²) in [6.07, 6.45) is 0.00635. The number of carboxylic acid groups (broad SMARTS) is 1. The van der Waals surface area contributed by atoms with E-state index >= 15 is 0 Å². The van der Waals surface area contributed by atoms with E-state index in [0.29, 0.717) is 24.3 Å². The molecule has 0 aliphatic carbocycles. The van der Waals surface area contributed by atoms with E-state index in [1.807, 2.05) is 30.3 Å². The zero-order valence-electron chi connectivity index (χ0n) is 14.8. The minimum Gasteiger partial charge on any atom is -0.465 e. The number of hydrogen-bond donors (Lipinski definition) is 4. The number of sulfonamides is 1. The second-order valence-corrected chi connectivity index (χ2v) is 9.32. The van der Waals surface area contributed by atoms with Gasteiger partial charge in [0.2, 0.25) is 0 Å². The van der Waals surface area contributed by atoms with E-state index in [-0.39, 0.29) is 16.4 Å². The van der Waals surface area contributed by atoms with Crippen molar-refractivity contribution in [2.24, 2.45) is 5.73 Å². The molecule has 1 fully saturated rings. The number of amides is 3. The number of hydrogen-bond acceptors (Lipinski definition) is 5. The standard InChI is InChI=1S/C17H20N4O5S2/c18-16(22)19-13-9-14(11-5-2-1-3-6-11)27-15(13)28(25,26)20-12-7-4-8-21(10-12)17(23)24/h1-3,5-6,9,12,20H,4,7-8,10H2,(H,23,24)(H3,18,19,22)/t12-/m0/s1. The van der Waals surface area contributed by atoms with Gasteiger partial charge in [-0.25, -0.2) is 22.7 Å². The molecule has 5 N–H and O–H groups in total. The molecule has 1 saturated heterocycles. The Hall–Kier alpha value is -2.63. The number of nitrogens with two attached hydrogens (primary N) is 1. The first-order valence-corrected chi connectivity index (χ1v) is 10.8.